The van der Waals surface area contributed by atoms with Crippen LogP contribution in [0.1, 0.15) is 43.2 Å². The van der Waals surface area contributed by atoms with Crippen molar-refractivity contribution in [3.05, 3.63) is 82.4 Å². The lowest BCUT2D eigenvalue weighted by Gasteiger charge is -2.28. The maximum absolute atomic E-state index is 13.3. The average Bonchev–Trinajstić information content (AvgIpc) is 3.51. The number of ketones is 1. The second-order valence-electron chi connectivity index (χ2n) is 9.21. The van der Waals surface area contributed by atoms with Crippen molar-refractivity contribution in [3.8, 4) is 10.4 Å². The number of para-hydroxylation sites is 1. The number of hydrogen-bond donors (Lipinski definition) is 2. The molecule has 1 saturated heterocycles. The van der Waals surface area contributed by atoms with Gasteiger partial charge in [-0.25, -0.2) is 0 Å². The molecule has 0 bridgehead atoms. The van der Waals surface area contributed by atoms with E-state index in [0.717, 1.165) is 16.9 Å². The first-order chi connectivity index (χ1) is 17.3. The third-order valence-corrected chi connectivity index (χ3v) is 7.35. The molecule has 1 aromatic heterocycles. The zero-order valence-electron chi connectivity index (χ0n) is 20.7. The number of aliphatic hydroxyl groups excluding tert-OH is 1. The first kappa shape index (κ1) is 25.4. The molecule has 1 aliphatic heterocycles. The number of benzene rings is 2. The molecule has 2 N–H and O–H groups in total. The van der Waals surface area contributed by atoms with Gasteiger partial charge in [-0.15, -0.1) is 11.3 Å². The van der Waals surface area contributed by atoms with Gasteiger partial charge in [-0.2, -0.15) is 0 Å². The first-order valence-electron chi connectivity index (χ1n) is 12.1. The number of Topliss-reactive ketones (excluding diaryl/α,β-unsaturated/α-hetero) is 1. The Balaban J connectivity index is 1.80. The van der Waals surface area contributed by atoms with Crippen LogP contribution in [0.15, 0.2) is 72.0 Å². The molecular weight excluding hydrogens is 472 g/mol. The lowest BCUT2D eigenvalue weighted by atomic mass is 9.88. The normalized spacial score (nSPS) is 15.1. The van der Waals surface area contributed by atoms with Crippen LogP contribution in [-0.2, 0) is 14.4 Å². The van der Waals surface area contributed by atoms with Crippen molar-refractivity contribution in [1.29, 1.82) is 0 Å². The topological polar surface area (TPSA) is 86.7 Å². The summed E-state index contributed by atoms with van der Waals surface area (Å²) in [5, 5.41) is 14.0. The molecule has 2 aromatic carbocycles. The molecule has 0 radical (unpaired) electrons. The van der Waals surface area contributed by atoms with Crippen LogP contribution in [0.4, 0.5) is 11.4 Å². The van der Waals surface area contributed by atoms with Gasteiger partial charge in [0.15, 0.2) is 17.8 Å². The third-order valence-electron chi connectivity index (χ3n) is 6.30. The zero-order chi connectivity index (χ0) is 25.8. The number of thiophene rings is 1. The Kier molecular flexibility index (Phi) is 7.70. The van der Waals surface area contributed by atoms with Gasteiger partial charge in [0.1, 0.15) is 0 Å². The van der Waals surface area contributed by atoms with Gasteiger partial charge in [0.2, 0.25) is 5.91 Å². The predicted molar refractivity (Wildman–Crippen MR) is 144 cm³/mol. The fraction of sp³-hybridized carbons (Fsp3) is 0.276. The Morgan fingerprint density at radius 1 is 1.08 bits per heavy atom. The molecule has 0 saturated carbocycles. The Morgan fingerprint density at radius 2 is 1.81 bits per heavy atom. The number of amides is 1. The molecule has 1 aliphatic rings. The largest absolute Gasteiger partial charge is 0.504 e. The molecule has 0 aliphatic carbocycles. The maximum Gasteiger partial charge on any atom is 0.227 e. The number of anilines is 2. The summed E-state index contributed by atoms with van der Waals surface area (Å²) in [7, 11) is 0. The number of aldehydes is 1. The van der Waals surface area contributed by atoms with Crippen molar-refractivity contribution >= 4 is 40.7 Å². The third kappa shape index (κ3) is 5.26. The number of carbonyl (C=O) groups is 3. The highest BCUT2D eigenvalue weighted by Crippen LogP contribution is 2.38. The van der Waals surface area contributed by atoms with Crippen LogP contribution >= 0.6 is 11.3 Å². The van der Waals surface area contributed by atoms with Gasteiger partial charge < -0.3 is 15.3 Å². The Bertz CT molecular complexity index is 1310. The summed E-state index contributed by atoms with van der Waals surface area (Å²) in [5.41, 5.74) is 3.08. The minimum atomic E-state index is -0.843. The van der Waals surface area contributed by atoms with Gasteiger partial charge in [0, 0.05) is 45.6 Å². The summed E-state index contributed by atoms with van der Waals surface area (Å²) in [6.07, 6.45) is 1.52. The van der Waals surface area contributed by atoms with Crippen molar-refractivity contribution in [1.82, 2.24) is 0 Å². The van der Waals surface area contributed by atoms with Gasteiger partial charge in [0.05, 0.1) is 11.6 Å². The number of carbonyl (C=O) groups excluding carboxylic acids is 3. The number of aryl methyl sites for hydroxylation is 1. The molecule has 2 heterocycles. The van der Waals surface area contributed by atoms with Crippen molar-refractivity contribution in [2.75, 3.05) is 16.8 Å². The molecule has 4 rings (SSSR count). The van der Waals surface area contributed by atoms with E-state index in [0.29, 0.717) is 36.2 Å². The molecular formula is C29H30N2O4S. The van der Waals surface area contributed by atoms with E-state index in [4.69, 9.17) is 0 Å². The number of aliphatic hydroxyl groups is 1. The van der Waals surface area contributed by atoms with Gasteiger partial charge in [0.25, 0.3) is 0 Å². The van der Waals surface area contributed by atoms with Crippen LogP contribution in [-0.4, -0.2) is 29.6 Å². The number of allylic oxidation sites excluding steroid dienone is 1. The number of hydrogen-bond acceptors (Lipinski definition) is 6. The minimum absolute atomic E-state index is 0.0112. The first-order valence-corrected chi connectivity index (χ1v) is 12.9. The van der Waals surface area contributed by atoms with E-state index < -0.39 is 17.7 Å². The van der Waals surface area contributed by atoms with E-state index in [-0.39, 0.29) is 17.3 Å². The highest BCUT2D eigenvalue weighted by atomic mass is 32.1. The van der Waals surface area contributed by atoms with E-state index in [2.05, 4.69) is 24.4 Å². The molecule has 7 heteroatoms. The van der Waals surface area contributed by atoms with Crippen molar-refractivity contribution in [2.24, 2.45) is 5.92 Å². The molecule has 186 valence electrons. The van der Waals surface area contributed by atoms with Crippen molar-refractivity contribution in [2.45, 2.75) is 39.7 Å². The molecule has 1 atom stereocenters. The fourth-order valence-corrected chi connectivity index (χ4v) is 5.34. The second-order valence-corrected chi connectivity index (χ2v) is 10.5. The molecule has 1 unspecified atom stereocenters. The summed E-state index contributed by atoms with van der Waals surface area (Å²) < 4.78 is 0. The lowest BCUT2D eigenvalue weighted by Crippen LogP contribution is -2.29. The quantitative estimate of drug-likeness (QED) is 0.205. The summed E-state index contributed by atoms with van der Waals surface area (Å²) in [6.45, 7) is 6.10. The zero-order valence-corrected chi connectivity index (χ0v) is 21.5. The molecule has 3 aromatic rings. The lowest BCUT2D eigenvalue weighted by molar-refractivity contribution is -0.119. The number of nitrogens with one attached hydrogen (secondary N) is 1. The van der Waals surface area contributed by atoms with E-state index in [1.807, 2.05) is 48.5 Å². The smallest absolute Gasteiger partial charge is 0.227 e. The number of nitrogens with zero attached hydrogens (tertiary/aromatic N) is 1. The van der Waals surface area contributed by atoms with Crippen LogP contribution in [0.3, 0.4) is 0 Å². The summed E-state index contributed by atoms with van der Waals surface area (Å²) >= 11 is 1.71. The van der Waals surface area contributed by atoms with Crippen LogP contribution in [0, 0.1) is 12.8 Å². The molecule has 36 heavy (non-hydrogen) atoms. The van der Waals surface area contributed by atoms with E-state index in [9.17, 15) is 19.5 Å². The highest BCUT2D eigenvalue weighted by Gasteiger charge is 2.33. The monoisotopic (exact) mass is 502 g/mol. The van der Waals surface area contributed by atoms with Crippen molar-refractivity contribution in [3.63, 3.8) is 0 Å². The number of rotatable bonds is 9. The summed E-state index contributed by atoms with van der Waals surface area (Å²) in [5.74, 6) is -1.39. The van der Waals surface area contributed by atoms with E-state index in [1.165, 1.54) is 4.88 Å². The minimum Gasteiger partial charge on any atom is -0.504 e. The van der Waals surface area contributed by atoms with Gasteiger partial charge in [-0.3, -0.25) is 14.4 Å². The molecule has 6 nitrogen and oxygen atoms in total. The van der Waals surface area contributed by atoms with Gasteiger partial charge in [-0.05, 0) is 49.2 Å². The molecule has 1 amide bonds. The van der Waals surface area contributed by atoms with E-state index in [1.54, 1.807) is 30.1 Å². The molecule has 0 spiro atoms. The summed E-state index contributed by atoms with van der Waals surface area (Å²) in [4.78, 5) is 41.7. The van der Waals surface area contributed by atoms with Gasteiger partial charge >= 0.3 is 0 Å². The van der Waals surface area contributed by atoms with Gasteiger partial charge in [-0.1, -0.05) is 44.2 Å². The Hall–Kier alpha value is -3.71. The maximum atomic E-state index is 13.3. The van der Waals surface area contributed by atoms with E-state index >= 15 is 0 Å². The summed E-state index contributed by atoms with van der Waals surface area (Å²) in [6, 6.07) is 18.5. The average molecular weight is 503 g/mol. The van der Waals surface area contributed by atoms with Crippen LogP contribution < -0.4 is 10.2 Å². The standard InChI is InChI=1S/C29H30N2O4S/c1-18(2)29(35)27(24(33)17-32)28(22-7-4-5-8-23(22)31-16-6-9-26(31)34)30-21-13-11-20(12-14-21)25-15-10-19(3)36-25/h4-5,7-8,10-15,17-18,28,30,33H,6,9,16H2,1-3H3/b27-24-. The highest BCUT2D eigenvalue weighted by molar-refractivity contribution is 7.15. The SMILES string of the molecule is Cc1ccc(-c2ccc(NC(/C(C(=O)C(C)C)=C(/O)C=O)c3ccccc3N3CCCC3=O)cc2)s1. The molecule has 1 fully saturated rings. The van der Waals surface area contributed by atoms with Crippen LogP contribution in [0.5, 0.6) is 0 Å². The predicted octanol–water partition coefficient (Wildman–Crippen LogP) is 6.24. The second kappa shape index (κ2) is 10.9. The Morgan fingerprint density at radius 3 is 2.39 bits per heavy atom. The Labute approximate surface area is 215 Å². The van der Waals surface area contributed by atoms with Crippen LogP contribution in [0.25, 0.3) is 10.4 Å². The van der Waals surface area contributed by atoms with Crippen molar-refractivity contribution < 1.29 is 19.5 Å². The fourth-order valence-electron chi connectivity index (χ4n) is 4.46. The van der Waals surface area contributed by atoms with Crippen LogP contribution in [0.2, 0.25) is 0 Å².